The molecule has 1 saturated carbocycles. The lowest BCUT2D eigenvalue weighted by molar-refractivity contribution is 0.0951. The van der Waals surface area contributed by atoms with Crippen LogP contribution in [0.1, 0.15) is 49.4 Å². The molecular weight excluding hydrogens is 260 g/mol. The predicted octanol–water partition coefficient (Wildman–Crippen LogP) is 4.11. The summed E-state index contributed by atoms with van der Waals surface area (Å²) in [5, 5.41) is 4.17. The van der Waals surface area contributed by atoms with Crippen molar-refractivity contribution in [3.8, 4) is 0 Å². The monoisotopic (exact) mass is 284 g/mol. The van der Waals surface area contributed by atoms with Gasteiger partial charge >= 0.3 is 0 Å². The van der Waals surface area contributed by atoms with E-state index in [4.69, 9.17) is 0 Å². The summed E-state index contributed by atoms with van der Waals surface area (Å²) in [5.74, 6) is 1.72. The van der Waals surface area contributed by atoms with Crippen molar-refractivity contribution in [2.75, 3.05) is 6.54 Å². The maximum atomic E-state index is 12.3. The number of rotatable bonds is 4. The van der Waals surface area contributed by atoms with Gasteiger partial charge in [0.2, 0.25) is 0 Å². The van der Waals surface area contributed by atoms with Gasteiger partial charge in [0.05, 0.1) is 11.1 Å². The van der Waals surface area contributed by atoms with Crippen LogP contribution in [0.25, 0.3) is 10.9 Å². The Morgan fingerprint density at radius 3 is 2.86 bits per heavy atom. The van der Waals surface area contributed by atoms with E-state index >= 15 is 0 Å². The topological polar surface area (TPSA) is 44.9 Å². The number of hydrogen-bond acceptors (Lipinski definition) is 1. The van der Waals surface area contributed by atoms with Crippen molar-refractivity contribution < 1.29 is 4.79 Å². The number of aromatic amines is 1. The van der Waals surface area contributed by atoms with Crippen molar-refractivity contribution in [3.05, 3.63) is 36.0 Å². The second kappa shape index (κ2) is 6.33. The molecule has 1 aliphatic carbocycles. The molecule has 0 unspecified atom stereocenters. The van der Waals surface area contributed by atoms with E-state index in [-0.39, 0.29) is 5.91 Å². The van der Waals surface area contributed by atoms with Crippen LogP contribution in [0.2, 0.25) is 0 Å². The molecule has 0 aliphatic heterocycles. The number of amides is 1. The van der Waals surface area contributed by atoms with Gasteiger partial charge < -0.3 is 10.3 Å². The summed E-state index contributed by atoms with van der Waals surface area (Å²) in [5.41, 5.74) is 1.68. The average Bonchev–Trinajstić information content (AvgIpc) is 2.97. The van der Waals surface area contributed by atoms with E-state index in [1.807, 2.05) is 30.5 Å². The van der Waals surface area contributed by atoms with Crippen molar-refractivity contribution in [3.63, 3.8) is 0 Å². The molecule has 3 rings (SSSR count). The van der Waals surface area contributed by atoms with Gasteiger partial charge in [-0.2, -0.15) is 0 Å². The summed E-state index contributed by atoms with van der Waals surface area (Å²) in [6, 6.07) is 7.84. The second-order valence-electron chi connectivity index (χ2n) is 6.42. The first-order valence-corrected chi connectivity index (χ1v) is 8.08. The minimum atomic E-state index is 0.0345. The van der Waals surface area contributed by atoms with Gasteiger partial charge in [0.15, 0.2) is 0 Å². The lowest BCUT2D eigenvalue weighted by Gasteiger charge is -2.26. The highest BCUT2D eigenvalue weighted by Crippen LogP contribution is 2.30. The number of nitrogens with one attached hydrogen (secondary N) is 2. The summed E-state index contributed by atoms with van der Waals surface area (Å²) in [7, 11) is 0. The zero-order valence-electron chi connectivity index (χ0n) is 12.7. The van der Waals surface area contributed by atoms with Crippen molar-refractivity contribution in [2.24, 2.45) is 11.8 Å². The minimum absolute atomic E-state index is 0.0345. The van der Waals surface area contributed by atoms with Gasteiger partial charge in [-0.1, -0.05) is 44.7 Å². The Kier molecular flexibility index (Phi) is 4.28. The molecule has 21 heavy (non-hydrogen) atoms. The van der Waals surface area contributed by atoms with E-state index in [9.17, 15) is 4.79 Å². The number of carbonyl (C=O) groups excluding carboxylic acids is 1. The molecule has 1 heterocycles. The normalized spacial score (nSPS) is 22.3. The first-order chi connectivity index (χ1) is 10.2. The van der Waals surface area contributed by atoms with Crippen molar-refractivity contribution in [1.29, 1.82) is 0 Å². The molecule has 1 fully saturated rings. The highest BCUT2D eigenvalue weighted by Gasteiger charge is 2.18. The number of H-pyrrole nitrogens is 1. The summed E-state index contributed by atoms with van der Waals surface area (Å²) in [6.45, 7) is 3.13. The molecule has 1 aromatic carbocycles. The highest BCUT2D eigenvalue weighted by molar-refractivity contribution is 6.05. The quantitative estimate of drug-likeness (QED) is 0.871. The second-order valence-corrected chi connectivity index (χ2v) is 6.42. The van der Waals surface area contributed by atoms with Crippen LogP contribution in [0.4, 0.5) is 0 Å². The molecule has 1 aromatic heterocycles. The molecule has 1 aliphatic rings. The van der Waals surface area contributed by atoms with E-state index in [1.54, 1.807) is 0 Å². The number of fused-ring (bicyclic) bond motifs is 1. The smallest absolute Gasteiger partial charge is 0.253 e. The van der Waals surface area contributed by atoms with Gasteiger partial charge in [0, 0.05) is 18.1 Å². The van der Waals surface area contributed by atoms with Gasteiger partial charge in [-0.3, -0.25) is 4.79 Å². The molecule has 3 heteroatoms. The number of benzene rings is 1. The molecule has 0 spiro atoms. The average molecular weight is 284 g/mol. The SMILES string of the molecule is CC1CCC(CCNC(=O)c2cccc3cc[nH]c23)CC1. The van der Waals surface area contributed by atoms with Crippen molar-refractivity contribution >= 4 is 16.8 Å². The summed E-state index contributed by atoms with van der Waals surface area (Å²) < 4.78 is 0. The fourth-order valence-electron chi connectivity index (χ4n) is 3.38. The van der Waals surface area contributed by atoms with Crippen LogP contribution in [0.5, 0.6) is 0 Å². The zero-order valence-corrected chi connectivity index (χ0v) is 12.7. The van der Waals surface area contributed by atoms with Crippen LogP contribution in [0.15, 0.2) is 30.5 Å². The van der Waals surface area contributed by atoms with E-state index in [1.165, 1.54) is 25.7 Å². The molecule has 1 amide bonds. The molecule has 112 valence electrons. The van der Waals surface area contributed by atoms with Crippen LogP contribution >= 0.6 is 0 Å². The fourth-order valence-corrected chi connectivity index (χ4v) is 3.38. The highest BCUT2D eigenvalue weighted by atomic mass is 16.1. The lowest BCUT2D eigenvalue weighted by atomic mass is 9.81. The minimum Gasteiger partial charge on any atom is -0.361 e. The maximum absolute atomic E-state index is 12.3. The summed E-state index contributed by atoms with van der Waals surface area (Å²) in [6.07, 6.45) is 8.33. The van der Waals surface area contributed by atoms with E-state index < -0.39 is 0 Å². The molecule has 0 radical (unpaired) electrons. The van der Waals surface area contributed by atoms with Crippen molar-refractivity contribution in [2.45, 2.75) is 39.0 Å². The Morgan fingerprint density at radius 2 is 2.05 bits per heavy atom. The van der Waals surface area contributed by atoms with Crippen LogP contribution in [-0.2, 0) is 0 Å². The Hall–Kier alpha value is -1.77. The molecule has 0 saturated heterocycles. The van der Waals surface area contributed by atoms with Crippen LogP contribution in [0.3, 0.4) is 0 Å². The largest absolute Gasteiger partial charge is 0.361 e. The Bertz CT molecular complexity index is 608. The molecule has 2 aromatic rings. The van der Waals surface area contributed by atoms with E-state index in [0.29, 0.717) is 0 Å². The van der Waals surface area contributed by atoms with Crippen LogP contribution in [0, 0.1) is 11.8 Å². The number of para-hydroxylation sites is 1. The standard InChI is InChI=1S/C18H24N2O/c1-13-5-7-14(8-6-13)9-11-20-18(21)16-4-2-3-15-10-12-19-17(15)16/h2-4,10,12-14,19H,5-9,11H2,1H3,(H,20,21). The van der Waals surface area contributed by atoms with Crippen LogP contribution in [-0.4, -0.2) is 17.4 Å². The third kappa shape index (κ3) is 3.29. The van der Waals surface area contributed by atoms with Crippen molar-refractivity contribution in [1.82, 2.24) is 10.3 Å². The van der Waals surface area contributed by atoms with Crippen LogP contribution < -0.4 is 5.32 Å². The molecule has 0 atom stereocenters. The first-order valence-electron chi connectivity index (χ1n) is 8.08. The first kappa shape index (κ1) is 14.2. The van der Waals surface area contributed by atoms with E-state index in [2.05, 4.69) is 17.2 Å². The third-order valence-corrected chi connectivity index (χ3v) is 4.81. The Morgan fingerprint density at radius 1 is 1.24 bits per heavy atom. The lowest BCUT2D eigenvalue weighted by Crippen LogP contribution is -2.27. The number of carbonyl (C=O) groups is 1. The number of hydrogen-bond donors (Lipinski definition) is 2. The summed E-state index contributed by atoms with van der Waals surface area (Å²) in [4.78, 5) is 15.5. The molecular formula is C18H24N2O. The van der Waals surface area contributed by atoms with Gasteiger partial charge in [-0.25, -0.2) is 0 Å². The molecule has 2 N–H and O–H groups in total. The summed E-state index contributed by atoms with van der Waals surface area (Å²) >= 11 is 0. The van der Waals surface area contributed by atoms with Gasteiger partial charge in [0.25, 0.3) is 5.91 Å². The van der Waals surface area contributed by atoms with Gasteiger partial charge in [0.1, 0.15) is 0 Å². The molecule has 3 nitrogen and oxygen atoms in total. The van der Waals surface area contributed by atoms with E-state index in [0.717, 1.165) is 41.3 Å². The Labute approximate surface area is 126 Å². The Balaban J connectivity index is 1.54. The van der Waals surface area contributed by atoms with Gasteiger partial charge in [-0.15, -0.1) is 0 Å². The predicted molar refractivity (Wildman–Crippen MR) is 86.4 cm³/mol. The molecule has 0 bridgehead atoms. The number of aromatic nitrogens is 1. The zero-order chi connectivity index (χ0) is 14.7. The van der Waals surface area contributed by atoms with Gasteiger partial charge in [-0.05, 0) is 30.4 Å². The maximum Gasteiger partial charge on any atom is 0.253 e. The fraction of sp³-hybridized carbons (Fsp3) is 0.500. The third-order valence-electron chi connectivity index (χ3n) is 4.81.